The van der Waals surface area contributed by atoms with Crippen LogP contribution < -0.4 is 5.32 Å². The molecule has 0 aromatic heterocycles. The van der Waals surface area contributed by atoms with Crippen molar-refractivity contribution >= 4 is 5.97 Å². The van der Waals surface area contributed by atoms with Crippen LogP contribution in [0.15, 0.2) is 0 Å². The van der Waals surface area contributed by atoms with Crippen molar-refractivity contribution in [3.8, 4) is 0 Å². The summed E-state index contributed by atoms with van der Waals surface area (Å²) < 4.78 is 11.4. The summed E-state index contributed by atoms with van der Waals surface area (Å²) in [7, 11) is 0. The monoisotopic (exact) mass is 255 g/mol. The van der Waals surface area contributed by atoms with Gasteiger partial charge in [-0.2, -0.15) is 0 Å². The minimum atomic E-state index is -0.287. The van der Waals surface area contributed by atoms with E-state index < -0.39 is 0 Å². The van der Waals surface area contributed by atoms with Crippen LogP contribution in [0, 0.1) is 5.41 Å². The third-order valence-corrected chi connectivity index (χ3v) is 4.28. The van der Waals surface area contributed by atoms with E-state index in [0.29, 0.717) is 0 Å². The highest BCUT2D eigenvalue weighted by atomic mass is 16.6. The summed E-state index contributed by atoms with van der Waals surface area (Å²) in [5.74, 6) is -0.0127. The van der Waals surface area contributed by atoms with Crippen molar-refractivity contribution in [1.82, 2.24) is 5.32 Å². The normalized spacial score (nSPS) is 40.7. The molecule has 2 heterocycles. The highest BCUT2D eigenvalue weighted by molar-refractivity contribution is 5.77. The number of carbonyl (C=O) groups is 1. The van der Waals surface area contributed by atoms with E-state index in [4.69, 9.17) is 9.47 Å². The number of ether oxygens (including phenoxy) is 2. The van der Waals surface area contributed by atoms with E-state index in [-0.39, 0.29) is 29.7 Å². The van der Waals surface area contributed by atoms with E-state index in [1.165, 1.54) is 0 Å². The molecule has 0 bridgehead atoms. The molecular formula is C14H25NO3. The molecular weight excluding hydrogens is 230 g/mol. The average Bonchev–Trinajstić information content (AvgIpc) is 2.77. The van der Waals surface area contributed by atoms with Crippen LogP contribution in [0.2, 0.25) is 0 Å². The summed E-state index contributed by atoms with van der Waals surface area (Å²) in [5, 5.41) is 3.27. The van der Waals surface area contributed by atoms with Crippen LogP contribution in [0.1, 0.15) is 46.5 Å². The zero-order valence-electron chi connectivity index (χ0n) is 11.7. The number of hydrogen-bond donors (Lipinski definition) is 1. The molecule has 4 nitrogen and oxygen atoms in total. The highest BCUT2D eigenvalue weighted by Crippen LogP contribution is 2.33. The third kappa shape index (κ3) is 2.86. The molecule has 3 unspecified atom stereocenters. The van der Waals surface area contributed by atoms with Crippen molar-refractivity contribution in [2.24, 2.45) is 5.41 Å². The van der Waals surface area contributed by atoms with Gasteiger partial charge in [0.1, 0.15) is 6.10 Å². The minimum Gasteiger partial charge on any atom is -0.462 e. The fourth-order valence-corrected chi connectivity index (χ4v) is 3.08. The summed E-state index contributed by atoms with van der Waals surface area (Å²) in [6, 6.07) is 0. The summed E-state index contributed by atoms with van der Waals surface area (Å²) in [6.07, 6.45) is 3.80. The lowest BCUT2D eigenvalue weighted by molar-refractivity contribution is -0.170. The first kappa shape index (κ1) is 13.8. The van der Waals surface area contributed by atoms with E-state index in [0.717, 1.165) is 38.8 Å². The van der Waals surface area contributed by atoms with Crippen LogP contribution in [-0.4, -0.2) is 37.4 Å². The lowest BCUT2D eigenvalue weighted by Crippen LogP contribution is -2.41. The molecule has 0 amide bonds. The van der Waals surface area contributed by atoms with Gasteiger partial charge in [0.25, 0.3) is 0 Å². The van der Waals surface area contributed by atoms with Crippen molar-refractivity contribution in [3.63, 3.8) is 0 Å². The number of esters is 1. The van der Waals surface area contributed by atoms with Gasteiger partial charge >= 0.3 is 5.97 Å². The number of hydrogen-bond acceptors (Lipinski definition) is 4. The van der Waals surface area contributed by atoms with Crippen molar-refractivity contribution in [3.05, 3.63) is 0 Å². The Bertz CT molecular complexity index is 289. The van der Waals surface area contributed by atoms with Crippen LogP contribution in [0.4, 0.5) is 0 Å². The van der Waals surface area contributed by atoms with E-state index in [1.54, 1.807) is 0 Å². The molecule has 3 atom stereocenters. The Morgan fingerprint density at radius 3 is 2.56 bits per heavy atom. The molecule has 1 N–H and O–H groups in total. The van der Waals surface area contributed by atoms with Crippen molar-refractivity contribution in [2.75, 3.05) is 13.1 Å². The van der Waals surface area contributed by atoms with Crippen LogP contribution >= 0.6 is 0 Å². The van der Waals surface area contributed by atoms with Crippen molar-refractivity contribution in [1.29, 1.82) is 0 Å². The van der Waals surface area contributed by atoms with Crippen LogP contribution in [0.5, 0.6) is 0 Å². The summed E-state index contributed by atoms with van der Waals surface area (Å²) in [5.41, 5.74) is -0.287. The maximum atomic E-state index is 12.4. The lowest BCUT2D eigenvalue weighted by Gasteiger charge is -2.34. The summed E-state index contributed by atoms with van der Waals surface area (Å²) >= 11 is 0. The molecule has 0 aromatic carbocycles. The molecule has 18 heavy (non-hydrogen) atoms. The molecule has 2 fully saturated rings. The molecule has 2 saturated heterocycles. The minimum absolute atomic E-state index is 0.0127. The molecule has 104 valence electrons. The lowest BCUT2D eigenvalue weighted by atomic mass is 9.84. The SMILES string of the molecule is CCC1(C(=O)OC2CC(C)OC(C)C2)CCNC1. The van der Waals surface area contributed by atoms with Gasteiger partial charge in [0, 0.05) is 19.4 Å². The Hall–Kier alpha value is -0.610. The van der Waals surface area contributed by atoms with Crippen LogP contribution in [0.25, 0.3) is 0 Å². The Morgan fingerprint density at radius 2 is 2.06 bits per heavy atom. The maximum Gasteiger partial charge on any atom is 0.313 e. The average molecular weight is 255 g/mol. The second-order valence-electron chi connectivity index (χ2n) is 5.82. The fourth-order valence-electron chi connectivity index (χ4n) is 3.08. The van der Waals surface area contributed by atoms with E-state index in [9.17, 15) is 4.79 Å². The molecule has 0 radical (unpaired) electrons. The highest BCUT2D eigenvalue weighted by Gasteiger charge is 2.42. The van der Waals surface area contributed by atoms with E-state index in [2.05, 4.69) is 12.2 Å². The van der Waals surface area contributed by atoms with Crippen molar-refractivity contribution in [2.45, 2.75) is 64.8 Å². The first-order valence-corrected chi connectivity index (χ1v) is 7.13. The molecule has 4 heteroatoms. The molecule has 2 aliphatic rings. The quantitative estimate of drug-likeness (QED) is 0.782. The largest absolute Gasteiger partial charge is 0.462 e. The molecule has 2 rings (SSSR count). The number of rotatable bonds is 3. The summed E-state index contributed by atoms with van der Waals surface area (Å²) in [6.45, 7) is 7.84. The van der Waals surface area contributed by atoms with E-state index in [1.807, 2.05) is 13.8 Å². The maximum absolute atomic E-state index is 12.4. The molecule has 0 spiro atoms. The predicted molar refractivity (Wildman–Crippen MR) is 69.3 cm³/mol. The van der Waals surface area contributed by atoms with E-state index >= 15 is 0 Å². The Labute approximate surface area is 109 Å². The molecule has 0 aromatic rings. The van der Waals surface area contributed by atoms with Gasteiger partial charge in [-0.3, -0.25) is 4.79 Å². The molecule has 0 aliphatic carbocycles. The Kier molecular flexibility index (Phi) is 4.28. The fraction of sp³-hybridized carbons (Fsp3) is 0.929. The van der Waals surface area contributed by atoms with Gasteiger partial charge in [-0.25, -0.2) is 0 Å². The van der Waals surface area contributed by atoms with Gasteiger partial charge in [0.05, 0.1) is 17.6 Å². The topological polar surface area (TPSA) is 47.6 Å². The number of nitrogens with one attached hydrogen (secondary N) is 1. The van der Waals surface area contributed by atoms with Crippen LogP contribution in [-0.2, 0) is 14.3 Å². The van der Waals surface area contributed by atoms with Gasteiger partial charge in [-0.15, -0.1) is 0 Å². The smallest absolute Gasteiger partial charge is 0.313 e. The second-order valence-corrected chi connectivity index (χ2v) is 5.82. The molecule has 2 aliphatic heterocycles. The Balaban J connectivity index is 1.94. The van der Waals surface area contributed by atoms with Crippen LogP contribution in [0.3, 0.4) is 0 Å². The third-order valence-electron chi connectivity index (χ3n) is 4.28. The van der Waals surface area contributed by atoms with Gasteiger partial charge in [-0.05, 0) is 33.2 Å². The zero-order valence-corrected chi connectivity index (χ0v) is 11.7. The standard InChI is InChI=1S/C14H25NO3/c1-4-14(5-6-15-9-14)13(16)18-12-7-10(2)17-11(3)8-12/h10-12,15H,4-9H2,1-3H3. The van der Waals surface area contributed by atoms with Gasteiger partial charge < -0.3 is 14.8 Å². The summed E-state index contributed by atoms with van der Waals surface area (Å²) in [4.78, 5) is 12.4. The van der Waals surface area contributed by atoms with Gasteiger partial charge in [0.15, 0.2) is 0 Å². The first-order chi connectivity index (χ1) is 8.55. The van der Waals surface area contributed by atoms with Gasteiger partial charge in [0.2, 0.25) is 0 Å². The Morgan fingerprint density at radius 1 is 1.39 bits per heavy atom. The molecule has 0 saturated carbocycles. The first-order valence-electron chi connectivity index (χ1n) is 7.13. The number of carbonyl (C=O) groups excluding carboxylic acids is 1. The zero-order chi connectivity index (χ0) is 13.2. The predicted octanol–water partition coefficient (Wildman–Crippen LogP) is 1.88. The van der Waals surface area contributed by atoms with Gasteiger partial charge in [-0.1, -0.05) is 6.92 Å². The van der Waals surface area contributed by atoms with Crippen molar-refractivity contribution < 1.29 is 14.3 Å². The second kappa shape index (κ2) is 5.57.